The van der Waals surface area contributed by atoms with Crippen LogP contribution in [0.3, 0.4) is 0 Å². The van der Waals surface area contributed by atoms with Crippen LogP contribution >= 0.6 is 22.6 Å². The van der Waals surface area contributed by atoms with Crippen LogP contribution in [-0.2, 0) is 26.7 Å². The number of alkyl halides is 1. The van der Waals surface area contributed by atoms with Gasteiger partial charge in [-0.25, -0.2) is 0 Å². The van der Waals surface area contributed by atoms with Crippen LogP contribution in [0.4, 0.5) is 0 Å². The third-order valence-corrected chi connectivity index (χ3v) is 1.27. The zero-order valence-electron chi connectivity index (χ0n) is 7.19. The molecule has 0 heterocycles. The first kappa shape index (κ1) is 29.5. The molecule has 0 fully saturated rings. The number of hydrogen-bond donors (Lipinski definition) is 0. The fraction of sp³-hybridized carbons (Fsp3) is 0.571. The molecule has 0 aliphatic rings. The molecule has 0 aromatic rings. The summed E-state index contributed by atoms with van der Waals surface area (Å²) in [6, 6.07) is 0. The van der Waals surface area contributed by atoms with Gasteiger partial charge in [0, 0.05) is 17.1 Å². The minimum Gasteiger partial charge on any atom is -0.412 e. The van der Waals surface area contributed by atoms with Crippen LogP contribution in [0.5, 0.6) is 0 Å². The molecule has 1 radical (unpaired) electrons. The van der Waals surface area contributed by atoms with E-state index in [0.29, 0.717) is 0 Å². The number of halogens is 1. The molecule has 5 heteroatoms. The van der Waals surface area contributed by atoms with Gasteiger partial charge >= 0.3 is 6.15 Å². The zero-order chi connectivity index (χ0) is 8.83. The molecule has 0 aliphatic carbocycles. The second-order valence-electron chi connectivity index (χ2n) is 1.18. The Kier molecular flexibility index (Phi) is 158. The van der Waals surface area contributed by atoms with Crippen LogP contribution in [0.1, 0.15) is 20.3 Å². The number of hydrogen-bond acceptors (Lipinski definition) is 2. The maximum Gasteiger partial charge on any atom is 0.373 e. The monoisotopic (exact) mass is 337 g/mol. The van der Waals surface area contributed by atoms with Crippen molar-refractivity contribution < 1.29 is 32.1 Å². The molecule has 0 unspecified atom stereocenters. The summed E-state index contributed by atoms with van der Waals surface area (Å²) in [5, 5.41) is 0. The largest absolute Gasteiger partial charge is 0.412 e. The topological polar surface area (TPSA) is 65.6 Å². The molecule has 0 aliphatic heterocycles. The van der Waals surface area contributed by atoms with E-state index in [4.69, 9.17) is 9.59 Å². The smallest absolute Gasteiger partial charge is 0.373 e. The van der Waals surface area contributed by atoms with Crippen LogP contribution in [-0.4, -0.2) is 16.1 Å². The molecule has 79 valence electrons. The summed E-state index contributed by atoms with van der Waals surface area (Å²) < 4.78 is 1.29. The Morgan fingerprint density at radius 2 is 1.58 bits per heavy atom. The second kappa shape index (κ2) is 64.5. The van der Waals surface area contributed by atoms with Crippen molar-refractivity contribution in [2.75, 3.05) is 4.43 Å². The van der Waals surface area contributed by atoms with Crippen LogP contribution in [0, 0.1) is 0 Å². The maximum atomic E-state index is 8.12. The van der Waals surface area contributed by atoms with E-state index in [1.807, 2.05) is 6.92 Å². The predicted molar refractivity (Wildman–Crippen MR) is 53.7 cm³/mol. The van der Waals surface area contributed by atoms with E-state index in [0.717, 1.165) is 0 Å². The quantitative estimate of drug-likeness (QED) is 0.316. The van der Waals surface area contributed by atoms with Gasteiger partial charge in [0.05, 0.1) is 0 Å². The normalized spacial score (nSPS) is 4.25. The van der Waals surface area contributed by atoms with Crippen molar-refractivity contribution in [2.45, 2.75) is 20.3 Å². The Balaban J connectivity index is -0.0000000191. The van der Waals surface area contributed by atoms with Gasteiger partial charge in [0.15, 0.2) is 0 Å². The van der Waals surface area contributed by atoms with Crippen LogP contribution < -0.4 is 0 Å². The zero-order valence-corrected chi connectivity index (χ0v) is 10.3. The van der Waals surface area contributed by atoms with E-state index in [1.54, 1.807) is 6.08 Å². The van der Waals surface area contributed by atoms with Gasteiger partial charge in [0.25, 0.3) is 0 Å². The van der Waals surface area contributed by atoms with Crippen molar-refractivity contribution in [3.8, 4) is 0 Å². The van der Waals surface area contributed by atoms with E-state index in [-0.39, 0.29) is 28.7 Å². The van der Waals surface area contributed by atoms with Crippen molar-refractivity contribution in [3.63, 3.8) is 0 Å². The first-order valence-electron chi connectivity index (χ1n) is 2.87. The Morgan fingerprint density at radius 1 is 1.50 bits per heavy atom. The maximum absolute atomic E-state index is 8.12. The Labute approximate surface area is 97.9 Å². The van der Waals surface area contributed by atoms with E-state index in [2.05, 4.69) is 36.1 Å². The summed E-state index contributed by atoms with van der Waals surface area (Å²) in [4.78, 5) is 16.2. The average Bonchev–Trinajstić information content (AvgIpc) is 1.91. The van der Waals surface area contributed by atoms with Gasteiger partial charge in [0.2, 0.25) is 0 Å². The van der Waals surface area contributed by atoms with Crippen molar-refractivity contribution in [3.05, 3.63) is 12.7 Å². The number of allylic oxidation sites excluding steroid dienone is 1. The van der Waals surface area contributed by atoms with E-state index in [1.165, 1.54) is 10.8 Å². The molecule has 0 amide bonds. The first-order valence-corrected chi connectivity index (χ1v) is 4.39. The number of carbonyl (C=O) groups excluding carboxylic acids is 2. The Hall–Kier alpha value is 0.329. The third-order valence-electron chi connectivity index (χ3n) is 0.189. The fourth-order valence-electron chi connectivity index (χ4n) is 0. The Morgan fingerprint density at radius 3 is 1.58 bits per heavy atom. The molecule has 0 atom stereocenters. The predicted octanol–water partition coefficient (Wildman–Crippen LogP) is 1.61. The van der Waals surface area contributed by atoms with Crippen molar-refractivity contribution in [2.24, 2.45) is 0 Å². The van der Waals surface area contributed by atoms with Gasteiger partial charge in [-0.15, -0.1) is 6.58 Å². The molecule has 0 bridgehead atoms. The van der Waals surface area contributed by atoms with Gasteiger partial charge in [-0.2, -0.15) is 9.59 Å². The first-order chi connectivity index (χ1) is 4.74. The molecule has 0 saturated heterocycles. The minimum atomic E-state index is 0. The van der Waals surface area contributed by atoms with E-state index in [9.17, 15) is 0 Å². The van der Waals surface area contributed by atoms with Gasteiger partial charge in [0.1, 0.15) is 0 Å². The summed E-state index contributed by atoms with van der Waals surface area (Å²) in [5.41, 5.74) is 0. The molecule has 0 aromatic heterocycles. The second-order valence-corrected chi connectivity index (χ2v) is 2.26. The molecule has 2 N–H and O–H groups in total. The summed E-state index contributed by atoms with van der Waals surface area (Å²) >= 11 is 2.35. The van der Waals surface area contributed by atoms with Crippen molar-refractivity contribution in [1.29, 1.82) is 0 Å². The summed E-state index contributed by atoms with van der Waals surface area (Å²) in [7, 11) is 0. The standard InChI is InChI=1S/C3H7I.C3H6.CO2.Cu.H2O/c1-2-3-4;1-3-2;2-1-3;;/h2-3H2,1H3;3H,1H2,2H3;;;1H2. The summed E-state index contributed by atoms with van der Waals surface area (Å²) in [6.07, 6.45) is 3.31. The average molecular weight is 338 g/mol. The van der Waals surface area contributed by atoms with E-state index >= 15 is 0 Å². The molecular weight excluding hydrogens is 323 g/mol. The summed E-state index contributed by atoms with van der Waals surface area (Å²) in [5.74, 6) is 0. The molecule has 0 spiro atoms. The fourth-order valence-corrected chi connectivity index (χ4v) is 0. The van der Waals surface area contributed by atoms with Crippen LogP contribution in [0.25, 0.3) is 0 Å². The van der Waals surface area contributed by atoms with Gasteiger partial charge < -0.3 is 5.48 Å². The number of rotatable bonds is 1. The van der Waals surface area contributed by atoms with Crippen molar-refractivity contribution in [1.82, 2.24) is 0 Å². The molecule has 3 nitrogen and oxygen atoms in total. The Bertz CT molecular complexity index is 80.7. The van der Waals surface area contributed by atoms with Gasteiger partial charge in [-0.3, -0.25) is 0 Å². The summed E-state index contributed by atoms with van der Waals surface area (Å²) in [6.45, 7) is 7.42. The molecular formula is C7H15CuIO3. The molecule has 0 saturated carbocycles. The van der Waals surface area contributed by atoms with Gasteiger partial charge in [-0.1, -0.05) is 35.6 Å². The van der Waals surface area contributed by atoms with Gasteiger partial charge in [-0.05, 0) is 17.8 Å². The molecule has 0 aromatic carbocycles. The SMILES string of the molecule is C=CC.CCCI.O.O=C=O.[Cu]. The third kappa shape index (κ3) is 509. The van der Waals surface area contributed by atoms with Crippen molar-refractivity contribution >= 4 is 28.7 Å². The molecule has 0 rings (SSSR count). The van der Waals surface area contributed by atoms with Crippen LogP contribution in [0.15, 0.2) is 12.7 Å². The van der Waals surface area contributed by atoms with Crippen LogP contribution in [0.2, 0.25) is 0 Å². The molecule has 12 heavy (non-hydrogen) atoms. The minimum absolute atomic E-state index is 0. The van der Waals surface area contributed by atoms with E-state index < -0.39 is 0 Å².